The number of nitrogens with one attached hydrogen (secondary N) is 2. The highest BCUT2D eigenvalue weighted by molar-refractivity contribution is 7.97. The normalized spacial score (nSPS) is 11.2. The molecule has 26 heavy (non-hydrogen) atoms. The Hall–Kier alpha value is -2.77. The van der Waals surface area contributed by atoms with Crippen LogP contribution in [0.5, 0.6) is 0 Å². The zero-order chi connectivity index (χ0) is 18.9. The number of amides is 1. The van der Waals surface area contributed by atoms with Gasteiger partial charge in [-0.15, -0.1) is 0 Å². The zero-order valence-electron chi connectivity index (χ0n) is 14.0. The number of hydrogen-bond acceptors (Lipinski definition) is 4. The van der Waals surface area contributed by atoms with Crippen molar-refractivity contribution in [2.45, 2.75) is 11.8 Å². The summed E-state index contributed by atoms with van der Waals surface area (Å²) in [6.45, 7) is 5.60. The van der Waals surface area contributed by atoms with Crippen molar-refractivity contribution in [2.24, 2.45) is 4.99 Å². The van der Waals surface area contributed by atoms with E-state index in [9.17, 15) is 13.6 Å². The SMILES string of the molecule is C=C(N=C/C=C\C)c1cc(F)cc(C(=O)NNSc2ccccc2F)c1. The molecule has 0 bridgehead atoms. The minimum atomic E-state index is -0.586. The van der Waals surface area contributed by atoms with Crippen molar-refractivity contribution < 1.29 is 13.6 Å². The van der Waals surface area contributed by atoms with E-state index in [-0.39, 0.29) is 5.56 Å². The van der Waals surface area contributed by atoms with Crippen LogP contribution in [0.1, 0.15) is 22.8 Å². The van der Waals surface area contributed by atoms with E-state index >= 15 is 0 Å². The Morgan fingerprint density at radius 3 is 2.65 bits per heavy atom. The highest BCUT2D eigenvalue weighted by Crippen LogP contribution is 2.19. The van der Waals surface area contributed by atoms with Crippen LogP contribution in [0.4, 0.5) is 8.78 Å². The van der Waals surface area contributed by atoms with Gasteiger partial charge in [-0.05, 0) is 55.3 Å². The number of hydrogen-bond donors (Lipinski definition) is 2. The summed E-state index contributed by atoms with van der Waals surface area (Å²) in [5, 5.41) is 0. The van der Waals surface area contributed by atoms with Gasteiger partial charge < -0.3 is 0 Å². The van der Waals surface area contributed by atoms with E-state index in [1.807, 2.05) is 6.92 Å². The van der Waals surface area contributed by atoms with Crippen LogP contribution in [0.2, 0.25) is 0 Å². The molecule has 0 atom stereocenters. The molecule has 134 valence electrons. The fourth-order valence-electron chi connectivity index (χ4n) is 1.91. The van der Waals surface area contributed by atoms with Crippen LogP contribution in [0.15, 0.2) is 71.1 Å². The van der Waals surface area contributed by atoms with Gasteiger partial charge in [-0.1, -0.05) is 24.8 Å². The van der Waals surface area contributed by atoms with Crippen molar-refractivity contribution >= 4 is 29.8 Å². The summed E-state index contributed by atoms with van der Waals surface area (Å²) in [7, 11) is 0. The molecule has 0 aromatic heterocycles. The summed E-state index contributed by atoms with van der Waals surface area (Å²) in [6.07, 6.45) is 5.03. The maximum atomic E-state index is 13.8. The van der Waals surface area contributed by atoms with Gasteiger partial charge in [-0.2, -0.15) is 4.83 Å². The average molecular weight is 373 g/mol. The molecular weight excluding hydrogens is 356 g/mol. The molecule has 0 unspecified atom stereocenters. The number of allylic oxidation sites excluding steroid dienone is 2. The van der Waals surface area contributed by atoms with Gasteiger partial charge in [0.05, 0.1) is 10.6 Å². The molecule has 7 heteroatoms. The monoisotopic (exact) mass is 373 g/mol. The van der Waals surface area contributed by atoms with Gasteiger partial charge in [0.1, 0.15) is 11.6 Å². The second-order valence-corrected chi connectivity index (χ2v) is 5.92. The summed E-state index contributed by atoms with van der Waals surface area (Å²) in [6, 6.07) is 9.93. The Labute approximate surface area is 154 Å². The Kier molecular flexibility index (Phi) is 7.25. The summed E-state index contributed by atoms with van der Waals surface area (Å²) in [5.41, 5.74) is 3.18. The molecule has 2 rings (SSSR count). The average Bonchev–Trinajstić information content (AvgIpc) is 2.62. The molecule has 0 radical (unpaired) electrons. The van der Waals surface area contributed by atoms with E-state index in [1.54, 1.807) is 30.4 Å². The van der Waals surface area contributed by atoms with Crippen LogP contribution in [0.25, 0.3) is 5.70 Å². The molecular formula is C19H17F2N3OS. The van der Waals surface area contributed by atoms with Gasteiger partial charge >= 0.3 is 0 Å². The Morgan fingerprint density at radius 1 is 1.19 bits per heavy atom. The molecule has 2 N–H and O–H groups in total. The van der Waals surface area contributed by atoms with Crippen molar-refractivity contribution in [3.8, 4) is 0 Å². The third-order valence-corrected chi connectivity index (χ3v) is 3.92. The number of hydrazine groups is 1. The van der Waals surface area contributed by atoms with Gasteiger partial charge in [0, 0.05) is 17.3 Å². The quantitative estimate of drug-likeness (QED) is 0.426. The number of benzene rings is 2. The molecule has 2 aromatic carbocycles. The van der Waals surface area contributed by atoms with Crippen LogP contribution in [0, 0.1) is 11.6 Å². The van der Waals surface area contributed by atoms with Crippen molar-refractivity contribution in [1.29, 1.82) is 0 Å². The molecule has 0 heterocycles. The smallest absolute Gasteiger partial charge is 0.266 e. The van der Waals surface area contributed by atoms with E-state index in [0.717, 1.165) is 18.0 Å². The van der Waals surface area contributed by atoms with Gasteiger partial charge in [0.2, 0.25) is 0 Å². The van der Waals surface area contributed by atoms with E-state index < -0.39 is 17.5 Å². The van der Waals surface area contributed by atoms with Crippen molar-refractivity contribution in [3.05, 3.63) is 84.0 Å². The largest absolute Gasteiger partial charge is 0.277 e. The van der Waals surface area contributed by atoms with E-state index in [2.05, 4.69) is 21.8 Å². The molecule has 0 aliphatic heterocycles. The third-order valence-electron chi connectivity index (χ3n) is 3.16. The molecule has 0 aliphatic carbocycles. The fourth-order valence-corrected chi connectivity index (χ4v) is 2.47. The summed E-state index contributed by atoms with van der Waals surface area (Å²) in [4.78, 5) is 19.1. The van der Waals surface area contributed by atoms with E-state index in [0.29, 0.717) is 16.2 Å². The van der Waals surface area contributed by atoms with Gasteiger partial charge in [-0.3, -0.25) is 15.2 Å². The molecule has 0 saturated heterocycles. The Morgan fingerprint density at radius 2 is 1.92 bits per heavy atom. The number of aliphatic imine (C=N–C) groups is 1. The van der Waals surface area contributed by atoms with Gasteiger partial charge in [0.15, 0.2) is 0 Å². The molecule has 2 aromatic rings. The fraction of sp³-hybridized carbons (Fsp3) is 0.0526. The predicted octanol–water partition coefficient (Wildman–Crippen LogP) is 4.52. The summed E-state index contributed by atoms with van der Waals surface area (Å²) < 4.78 is 27.3. The molecule has 0 fully saturated rings. The highest BCUT2D eigenvalue weighted by atomic mass is 32.2. The first-order valence-corrected chi connectivity index (χ1v) is 8.45. The standard InChI is InChI=1S/C19H17F2N3OS/c1-3-4-9-22-13(2)14-10-15(12-16(20)11-14)19(25)23-24-26-18-8-6-5-7-17(18)21/h3-12,24H,2H2,1H3,(H,23,25)/b4-3-,22-9?. The van der Waals surface area contributed by atoms with Gasteiger partial charge in [0.25, 0.3) is 5.91 Å². The number of nitrogens with zero attached hydrogens (tertiary/aromatic N) is 1. The number of rotatable bonds is 7. The lowest BCUT2D eigenvalue weighted by atomic mass is 10.1. The minimum Gasteiger partial charge on any atom is -0.277 e. The van der Waals surface area contributed by atoms with Crippen molar-refractivity contribution in [3.63, 3.8) is 0 Å². The molecule has 0 saturated carbocycles. The minimum absolute atomic E-state index is 0.0871. The number of halogens is 2. The maximum absolute atomic E-state index is 13.8. The first-order valence-electron chi connectivity index (χ1n) is 7.63. The zero-order valence-corrected chi connectivity index (χ0v) is 14.8. The first-order chi connectivity index (χ1) is 12.5. The van der Waals surface area contributed by atoms with Crippen molar-refractivity contribution in [2.75, 3.05) is 0 Å². The second kappa shape index (κ2) is 9.65. The lowest BCUT2D eigenvalue weighted by Crippen LogP contribution is -2.32. The maximum Gasteiger partial charge on any atom is 0.266 e. The topological polar surface area (TPSA) is 53.5 Å². The van der Waals surface area contributed by atoms with E-state index in [1.165, 1.54) is 24.4 Å². The van der Waals surface area contributed by atoms with E-state index in [4.69, 9.17) is 0 Å². The predicted molar refractivity (Wildman–Crippen MR) is 102 cm³/mol. The van der Waals surface area contributed by atoms with Crippen LogP contribution in [-0.4, -0.2) is 12.1 Å². The molecule has 4 nitrogen and oxygen atoms in total. The summed E-state index contributed by atoms with van der Waals surface area (Å²) >= 11 is 0.899. The van der Waals surface area contributed by atoms with Crippen LogP contribution < -0.4 is 10.3 Å². The molecule has 0 aliphatic rings. The van der Waals surface area contributed by atoms with Crippen molar-refractivity contribution in [1.82, 2.24) is 10.3 Å². The molecule has 1 amide bonds. The van der Waals surface area contributed by atoms with Gasteiger partial charge in [-0.25, -0.2) is 8.78 Å². The highest BCUT2D eigenvalue weighted by Gasteiger charge is 2.10. The van der Waals surface area contributed by atoms with Crippen LogP contribution in [-0.2, 0) is 0 Å². The third kappa shape index (κ3) is 5.65. The van der Waals surface area contributed by atoms with Crippen LogP contribution >= 0.6 is 11.9 Å². The molecule has 0 spiro atoms. The summed E-state index contributed by atoms with van der Waals surface area (Å²) in [5.74, 6) is -1.57. The number of carbonyl (C=O) groups is 1. The second-order valence-electron chi connectivity index (χ2n) is 5.07. The lowest BCUT2D eigenvalue weighted by molar-refractivity contribution is 0.0946. The number of carbonyl (C=O) groups excluding carboxylic acids is 1. The van der Waals surface area contributed by atoms with Crippen LogP contribution in [0.3, 0.4) is 0 Å². The first kappa shape index (κ1) is 19.6. The Bertz CT molecular complexity index is 866. The Balaban J connectivity index is 2.04. The lowest BCUT2D eigenvalue weighted by Gasteiger charge is -2.09.